The molecule has 6 heteroatoms. The van der Waals surface area contributed by atoms with Crippen LogP contribution >= 0.6 is 23.1 Å². The summed E-state index contributed by atoms with van der Waals surface area (Å²) in [5.74, 6) is -0.380. The van der Waals surface area contributed by atoms with Crippen LogP contribution in [-0.2, 0) is 11.2 Å². The van der Waals surface area contributed by atoms with Crippen molar-refractivity contribution in [2.75, 3.05) is 11.6 Å². The number of aromatic nitrogens is 1. The van der Waals surface area contributed by atoms with E-state index in [2.05, 4.69) is 10.3 Å². The molecule has 1 amide bonds. The molecule has 3 aromatic rings. The van der Waals surface area contributed by atoms with Crippen LogP contribution in [-0.4, -0.2) is 17.1 Å². The highest BCUT2D eigenvalue weighted by molar-refractivity contribution is 7.98. The van der Waals surface area contributed by atoms with Gasteiger partial charge < -0.3 is 5.32 Å². The van der Waals surface area contributed by atoms with Crippen LogP contribution in [0.4, 0.5) is 10.1 Å². The Balaban J connectivity index is 1.68. The van der Waals surface area contributed by atoms with Gasteiger partial charge in [0.1, 0.15) is 10.8 Å². The maximum atomic E-state index is 13.0. The van der Waals surface area contributed by atoms with Gasteiger partial charge >= 0.3 is 0 Å². The first-order chi connectivity index (χ1) is 11.7. The molecule has 0 radical (unpaired) electrons. The number of thioether (sulfide) groups is 1. The van der Waals surface area contributed by atoms with Crippen LogP contribution in [0.1, 0.15) is 5.69 Å². The minimum absolute atomic E-state index is 0.104. The van der Waals surface area contributed by atoms with Gasteiger partial charge in [0.2, 0.25) is 5.91 Å². The first-order valence-electron chi connectivity index (χ1n) is 7.29. The SMILES string of the molecule is CSc1ccccc1NC(=O)Cc1csc(-c2ccc(F)cc2)n1. The minimum atomic E-state index is -0.276. The molecular weight excluding hydrogens is 343 g/mol. The van der Waals surface area contributed by atoms with Gasteiger partial charge in [-0.3, -0.25) is 4.79 Å². The van der Waals surface area contributed by atoms with E-state index in [1.54, 1.807) is 23.9 Å². The number of carbonyl (C=O) groups is 1. The highest BCUT2D eigenvalue weighted by Crippen LogP contribution is 2.26. The largest absolute Gasteiger partial charge is 0.325 e. The number of rotatable bonds is 5. The third-order valence-corrected chi connectivity index (χ3v) is 5.10. The molecular formula is C18H15FN2OS2. The molecule has 0 fully saturated rings. The molecule has 3 rings (SSSR count). The Kier molecular flexibility index (Phi) is 5.27. The second kappa shape index (κ2) is 7.59. The molecule has 1 aromatic heterocycles. The quantitative estimate of drug-likeness (QED) is 0.663. The molecule has 0 aliphatic rings. The summed E-state index contributed by atoms with van der Waals surface area (Å²) in [5, 5.41) is 5.56. The van der Waals surface area contributed by atoms with Gasteiger partial charge in [0.15, 0.2) is 0 Å². The van der Waals surface area contributed by atoms with Crippen molar-refractivity contribution in [2.24, 2.45) is 0 Å². The van der Waals surface area contributed by atoms with Gasteiger partial charge in [-0.2, -0.15) is 0 Å². The fourth-order valence-corrected chi connectivity index (χ4v) is 3.60. The number of nitrogens with one attached hydrogen (secondary N) is 1. The zero-order chi connectivity index (χ0) is 16.9. The molecule has 0 aliphatic heterocycles. The average Bonchev–Trinajstić information content (AvgIpc) is 3.04. The number of halogens is 1. The summed E-state index contributed by atoms with van der Waals surface area (Å²) in [7, 11) is 0. The Morgan fingerprint density at radius 3 is 2.71 bits per heavy atom. The number of hydrogen-bond donors (Lipinski definition) is 1. The average molecular weight is 358 g/mol. The molecule has 0 saturated heterocycles. The fraction of sp³-hybridized carbons (Fsp3) is 0.111. The molecule has 1 heterocycles. The monoisotopic (exact) mass is 358 g/mol. The Bertz CT molecular complexity index is 846. The summed E-state index contributed by atoms with van der Waals surface area (Å²) in [6.07, 6.45) is 2.18. The fourth-order valence-electron chi connectivity index (χ4n) is 2.22. The summed E-state index contributed by atoms with van der Waals surface area (Å²) in [4.78, 5) is 17.7. The van der Waals surface area contributed by atoms with E-state index in [0.29, 0.717) is 5.69 Å². The van der Waals surface area contributed by atoms with E-state index < -0.39 is 0 Å². The molecule has 3 nitrogen and oxygen atoms in total. The summed E-state index contributed by atoms with van der Waals surface area (Å²) < 4.78 is 13.0. The van der Waals surface area contributed by atoms with E-state index in [1.807, 2.05) is 35.9 Å². The van der Waals surface area contributed by atoms with E-state index in [1.165, 1.54) is 23.5 Å². The summed E-state index contributed by atoms with van der Waals surface area (Å²) in [6.45, 7) is 0. The van der Waals surface area contributed by atoms with Crippen LogP contribution in [0.3, 0.4) is 0 Å². The summed E-state index contributed by atoms with van der Waals surface area (Å²) in [5.41, 5.74) is 2.36. The third kappa shape index (κ3) is 4.01. The van der Waals surface area contributed by atoms with Crippen LogP contribution in [0.2, 0.25) is 0 Å². The molecule has 0 spiro atoms. The smallest absolute Gasteiger partial charge is 0.230 e. The topological polar surface area (TPSA) is 42.0 Å². The first-order valence-corrected chi connectivity index (χ1v) is 9.39. The molecule has 24 heavy (non-hydrogen) atoms. The zero-order valence-corrected chi connectivity index (χ0v) is 14.6. The van der Waals surface area contributed by atoms with Gasteiger partial charge in [0.25, 0.3) is 0 Å². The normalized spacial score (nSPS) is 10.6. The van der Waals surface area contributed by atoms with E-state index in [9.17, 15) is 9.18 Å². The number of thiazole rings is 1. The van der Waals surface area contributed by atoms with Crippen LogP contribution in [0.25, 0.3) is 10.6 Å². The number of nitrogens with zero attached hydrogens (tertiary/aromatic N) is 1. The van der Waals surface area contributed by atoms with E-state index in [0.717, 1.165) is 21.2 Å². The van der Waals surface area contributed by atoms with Crippen molar-refractivity contribution in [1.29, 1.82) is 0 Å². The second-order valence-corrected chi connectivity index (χ2v) is 6.78. The number of benzene rings is 2. The van der Waals surface area contributed by atoms with Crippen molar-refractivity contribution in [3.63, 3.8) is 0 Å². The van der Waals surface area contributed by atoms with E-state index in [-0.39, 0.29) is 18.1 Å². The van der Waals surface area contributed by atoms with Gasteiger partial charge in [-0.05, 0) is 42.7 Å². The van der Waals surface area contributed by atoms with Gasteiger partial charge in [0, 0.05) is 15.8 Å². The Labute approximate surface area is 148 Å². The van der Waals surface area contributed by atoms with Gasteiger partial charge in [-0.25, -0.2) is 9.37 Å². The predicted octanol–water partition coefficient (Wildman–Crippen LogP) is 4.85. The molecule has 0 unspecified atom stereocenters. The van der Waals surface area contributed by atoms with Gasteiger partial charge in [-0.1, -0.05) is 12.1 Å². The number of amides is 1. The van der Waals surface area contributed by atoms with Gasteiger partial charge in [-0.15, -0.1) is 23.1 Å². The number of anilines is 1. The van der Waals surface area contributed by atoms with Crippen molar-refractivity contribution < 1.29 is 9.18 Å². The second-order valence-electron chi connectivity index (χ2n) is 5.08. The molecule has 2 aromatic carbocycles. The number of hydrogen-bond acceptors (Lipinski definition) is 4. The lowest BCUT2D eigenvalue weighted by molar-refractivity contribution is -0.115. The maximum absolute atomic E-state index is 13.0. The molecule has 1 N–H and O–H groups in total. The maximum Gasteiger partial charge on any atom is 0.230 e. The lowest BCUT2D eigenvalue weighted by Gasteiger charge is -2.08. The standard InChI is InChI=1S/C18H15FN2OS2/c1-23-16-5-3-2-4-15(16)21-17(22)10-14-11-24-18(20-14)12-6-8-13(19)9-7-12/h2-9,11H,10H2,1H3,(H,21,22). The highest BCUT2D eigenvalue weighted by atomic mass is 32.2. The lowest BCUT2D eigenvalue weighted by Crippen LogP contribution is -2.15. The molecule has 122 valence electrons. The summed E-state index contributed by atoms with van der Waals surface area (Å²) in [6, 6.07) is 13.9. The van der Waals surface area contributed by atoms with Crippen LogP contribution < -0.4 is 5.32 Å². The van der Waals surface area contributed by atoms with Crippen molar-refractivity contribution >= 4 is 34.7 Å². The Hall–Kier alpha value is -2.18. The van der Waals surface area contributed by atoms with Crippen molar-refractivity contribution in [1.82, 2.24) is 4.98 Å². The third-order valence-electron chi connectivity index (χ3n) is 3.37. The van der Waals surface area contributed by atoms with Crippen LogP contribution in [0.15, 0.2) is 58.8 Å². The van der Waals surface area contributed by atoms with Crippen molar-refractivity contribution in [3.8, 4) is 10.6 Å². The zero-order valence-electron chi connectivity index (χ0n) is 13.0. The molecule has 0 saturated carbocycles. The highest BCUT2D eigenvalue weighted by Gasteiger charge is 2.11. The first kappa shape index (κ1) is 16.7. The predicted molar refractivity (Wildman–Crippen MR) is 98.1 cm³/mol. The van der Waals surface area contributed by atoms with Crippen LogP contribution in [0.5, 0.6) is 0 Å². The molecule has 0 atom stereocenters. The number of carbonyl (C=O) groups excluding carboxylic acids is 1. The number of para-hydroxylation sites is 1. The lowest BCUT2D eigenvalue weighted by atomic mass is 10.2. The summed E-state index contributed by atoms with van der Waals surface area (Å²) >= 11 is 3.03. The van der Waals surface area contributed by atoms with E-state index in [4.69, 9.17) is 0 Å². The molecule has 0 bridgehead atoms. The van der Waals surface area contributed by atoms with Crippen molar-refractivity contribution in [3.05, 3.63) is 65.4 Å². The molecule has 0 aliphatic carbocycles. The Morgan fingerprint density at radius 1 is 1.21 bits per heavy atom. The van der Waals surface area contributed by atoms with Gasteiger partial charge in [0.05, 0.1) is 17.8 Å². The van der Waals surface area contributed by atoms with E-state index >= 15 is 0 Å². The minimum Gasteiger partial charge on any atom is -0.325 e. The van der Waals surface area contributed by atoms with Crippen molar-refractivity contribution in [2.45, 2.75) is 11.3 Å². The van der Waals surface area contributed by atoms with Crippen LogP contribution in [0, 0.1) is 5.82 Å². The Morgan fingerprint density at radius 2 is 1.96 bits per heavy atom.